The van der Waals surface area contributed by atoms with Crippen LogP contribution in [0.5, 0.6) is 0 Å². The van der Waals surface area contributed by atoms with Gasteiger partial charge in [0, 0.05) is 36.2 Å². The Labute approximate surface area is 159 Å². The van der Waals surface area contributed by atoms with Crippen molar-refractivity contribution in [3.05, 3.63) is 18.2 Å². The van der Waals surface area contributed by atoms with E-state index < -0.39 is 0 Å². The van der Waals surface area contributed by atoms with Crippen LogP contribution in [0.25, 0.3) is 0 Å². The van der Waals surface area contributed by atoms with E-state index in [2.05, 4.69) is 37.7 Å². The van der Waals surface area contributed by atoms with Crippen LogP contribution in [0.3, 0.4) is 0 Å². The highest BCUT2D eigenvalue weighted by Gasteiger charge is 2.57. The summed E-state index contributed by atoms with van der Waals surface area (Å²) in [7, 11) is 0. The summed E-state index contributed by atoms with van der Waals surface area (Å²) in [6.45, 7) is 5.87. The number of aromatic nitrogens is 2. The molecule has 4 aliphatic carbocycles. The fourth-order valence-corrected chi connectivity index (χ4v) is 7.74. The minimum atomic E-state index is 0.257. The van der Waals surface area contributed by atoms with Gasteiger partial charge >= 0.3 is 0 Å². The molecule has 5 heteroatoms. The van der Waals surface area contributed by atoms with Crippen LogP contribution in [-0.2, 0) is 11.3 Å². The predicted molar refractivity (Wildman–Crippen MR) is 103 cm³/mol. The summed E-state index contributed by atoms with van der Waals surface area (Å²) in [4.78, 5) is 16.9. The topological polar surface area (TPSA) is 46.9 Å². The molecule has 0 aromatic carbocycles. The number of aryl methyl sites for hydroxylation is 1. The number of nitrogens with one attached hydrogen (secondary N) is 1. The zero-order chi connectivity index (χ0) is 17.7. The molecule has 1 amide bonds. The molecule has 3 unspecified atom stereocenters. The SMILES string of the molecule is Cc1nccn1CC(C)CNC(=O)CC12CC3CC(CC(Br)(C3)C1)C2. The average molecular weight is 408 g/mol. The first-order valence-corrected chi connectivity index (χ1v) is 10.6. The second kappa shape index (κ2) is 6.40. The van der Waals surface area contributed by atoms with E-state index in [0.717, 1.165) is 37.2 Å². The Hall–Kier alpha value is -0.840. The Kier molecular flexibility index (Phi) is 4.50. The van der Waals surface area contributed by atoms with Gasteiger partial charge in [-0.1, -0.05) is 22.9 Å². The first kappa shape index (κ1) is 17.6. The first-order valence-electron chi connectivity index (χ1n) is 9.78. The minimum absolute atomic E-state index is 0.257. The summed E-state index contributed by atoms with van der Waals surface area (Å²) in [5.41, 5.74) is 0.266. The molecule has 1 aromatic rings. The largest absolute Gasteiger partial charge is 0.356 e. The Bertz CT molecular complexity index is 641. The lowest BCUT2D eigenvalue weighted by Gasteiger charge is -2.60. The molecule has 1 heterocycles. The van der Waals surface area contributed by atoms with Crippen molar-refractivity contribution < 1.29 is 4.79 Å². The lowest BCUT2D eigenvalue weighted by Crippen LogP contribution is -2.54. The number of nitrogens with zero attached hydrogens (tertiary/aromatic N) is 2. The second-order valence-corrected chi connectivity index (χ2v) is 11.0. The molecule has 4 nitrogen and oxygen atoms in total. The summed E-state index contributed by atoms with van der Waals surface area (Å²) in [6, 6.07) is 0. The number of amides is 1. The van der Waals surface area contributed by atoms with E-state index in [4.69, 9.17) is 0 Å². The third-order valence-corrected chi connectivity index (χ3v) is 7.65. The van der Waals surface area contributed by atoms with Gasteiger partial charge in [-0.3, -0.25) is 4.79 Å². The maximum atomic E-state index is 12.7. The van der Waals surface area contributed by atoms with E-state index in [9.17, 15) is 4.79 Å². The zero-order valence-corrected chi connectivity index (χ0v) is 17.0. The fourth-order valence-electron chi connectivity index (χ4n) is 6.23. The van der Waals surface area contributed by atoms with Crippen molar-refractivity contribution in [3.63, 3.8) is 0 Å². The Balaban J connectivity index is 1.30. The minimum Gasteiger partial charge on any atom is -0.356 e. The normalized spacial score (nSPS) is 37.2. The molecule has 1 N–H and O–H groups in total. The maximum absolute atomic E-state index is 12.7. The van der Waals surface area contributed by atoms with Crippen LogP contribution in [0.4, 0.5) is 0 Å². The molecule has 0 radical (unpaired) electrons. The van der Waals surface area contributed by atoms with Crippen LogP contribution in [0.2, 0.25) is 0 Å². The van der Waals surface area contributed by atoms with Crippen LogP contribution >= 0.6 is 15.9 Å². The van der Waals surface area contributed by atoms with Gasteiger partial charge in [0.05, 0.1) is 0 Å². The van der Waals surface area contributed by atoms with E-state index in [0.29, 0.717) is 10.2 Å². The highest BCUT2D eigenvalue weighted by molar-refractivity contribution is 9.10. The molecule has 0 spiro atoms. The standard InChI is InChI=1S/C20H30BrN3O/c1-14(12-24-4-3-22-15(24)2)11-23-18(25)10-19-6-16-5-17(7-19)9-20(21,8-16)13-19/h3-4,14,16-17H,5-13H2,1-2H3,(H,23,25). The van der Waals surface area contributed by atoms with Gasteiger partial charge in [-0.25, -0.2) is 4.98 Å². The van der Waals surface area contributed by atoms with Crippen molar-refractivity contribution in [2.45, 2.75) is 69.7 Å². The summed E-state index contributed by atoms with van der Waals surface area (Å²) in [5, 5.41) is 3.21. The smallest absolute Gasteiger partial charge is 0.220 e. The lowest BCUT2D eigenvalue weighted by molar-refractivity contribution is -0.128. The van der Waals surface area contributed by atoms with Crippen LogP contribution in [-0.4, -0.2) is 26.3 Å². The Morgan fingerprint density at radius 1 is 1.40 bits per heavy atom. The number of hydrogen-bond donors (Lipinski definition) is 1. The summed E-state index contributed by atoms with van der Waals surface area (Å²) < 4.78 is 2.49. The van der Waals surface area contributed by atoms with Crippen LogP contribution in [0.15, 0.2) is 12.4 Å². The highest BCUT2D eigenvalue weighted by atomic mass is 79.9. The third-order valence-electron chi connectivity index (χ3n) is 6.73. The van der Waals surface area contributed by atoms with Gasteiger partial charge in [0.1, 0.15) is 5.82 Å². The van der Waals surface area contributed by atoms with E-state index >= 15 is 0 Å². The van der Waals surface area contributed by atoms with Crippen molar-refractivity contribution in [3.8, 4) is 0 Å². The quantitative estimate of drug-likeness (QED) is 0.722. The molecule has 4 saturated carbocycles. The van der Waals surface area contributed by atoms with Crippen molar-refractivity contribution >= 4 is 21.8 Å². The molecule has 0 aliphatic heterocycles. The molecular formula is C20H30BrN3O. The number of hydrogen-bond acceptors (Lipinski definition) is 2. The number of halogens is 1. The molecule has 5 rings (SSSR count). The van der Waals surface area contributed by atoms with E-state index in [1.165, 1.54) is 38.5 Å². The number of carbonyl (C=O) groups excluding carboxylic acids is 1. The number of rotatable bonds is 6. The van der Waals surface area contributed by atoms with Gasteiger partial charge in [0.25, 0.3) is 0 Å². The van der Waals surface area contributed by atoms with Gasteiger partial charge in [0.15, 0.2) is 0 Å². The van der Waals surface area contributed by atoms with Gasteiger partial charge in [-0.2, -0.15) is 0 Å². The maximum Gasteiger partial charge on any atom is 0.220 e. The number of carbonyl (C=O) groups is 1. The molecule has 138 valence electrons. The predicted octanol–water partition coefficient (Wildman–Crippen LogP) is 4.07. The molecule has 3 atom stereocenters. The molecule has 25 heavy (non-hydrogen) atoms. The summed E-state index contributed by atoms with van der Waals surface area (Å²) in [6.07, 6.45) is 12.4. The Morgan fingerprint density at radius 3 is 2.72 bits per heavy atom. The summed E-state index contributed by atoms with van der Waals surface area (Å²) >= 11 is 4.04. The second-order valence-electron chi connectivity index (χ2n) is 9.32. The van der Waals surface area contributed by atoms with Crippen molar-refractivity contribution in [2.24, 2.45) is 23.2 Å². The molecule has 4 bridgehead atoms. The molecule has 0 saturated heterocycles. The van der Waals surface area contributed by atoms with Gasteiger partial charge in [0.2, 0.25) is 5.91 Å². The summed E-state index contributed by atoms with van der Waals surface area (Å²) in [5.74, 6) is 3.39. The van der Waals surface area contributed by atoms with Crippen molar-refractivity contribution in [1.82, 2.24) is 14.9 Å². The first-order chi connectivity index (χ1) is 11.8. The van der Waals surface area contributed by atoms with Gasteiger partial charge in [-0.05, 0) is 68.6 Å². The molecule has 1 aromatic heterocycles. The highest BCUT2D eigenvalue weighted by Crippen LogP contribution is 2.65. The Morgan fingerprint density at radius 2 is 2.12 bits per heavy atom. The van der Waals surface area contributed by atoms with Gasteiger partial charge in [-0.15, -0.1) is 0 Å². The molecule has 4 fully saturated rings. The monoisotopic (exact) mass is 407 g/mol. The number of alkyl halides is 1. The average Bonchev–Trinajstić information content (AvgIpc) is 2.87. The molecule has 4 aliphatic rings. The molecular weight excluding hydrogens is 378 g/mol. The fraction of sp³-hybridized carbons (Fsp3) is 0.800. The van der Waals surface area contributed by atoms with Crippen molar-refractivity contribution in [1.29, 1.82) is 0 Å². The van der Waals surface area contributed by atoms with E-state index in [-0.39, 0.29) is 11.3 Å². The van der Waals surface area contributed by atoms with Crippen LogP contribution in [0.1, 0.15) is 57.7 Å². The van der Waals surface area contributed by atoms with Crippen molar-refractivity contribution in [2.75, 3.05) is 6.54 Å². The zero-order valence-electron chi connectivity index (χ0n) is 15.4. The van der Waals surface area contributed by atoms with Gasteiger partial charge < -0.3 is 9.88 Å². The lowest BCUT2D eigenvalue weighted by atomic mass is 9.48. The third kappa shape index (κ3) is 3.67. The van der Waals surface area contributed by atoms with E-state index in [1.54, 1.807) is 0 Å². The van der Waals surface area contributed by atoms with E-state index in [1.807, 2.05) is 19.3 Å². The number of imidazole rings is 1. The van der Waals surface area contributed by atoms with Crippen LogP contribution in [0, 0.1) is 30.1 Å². The van der Waals surface area contributed by atoms with Crippen LogP contribution < -0.4 is 5.32 Å².